The first-order valence-corrected chi connectivity index (χ1v) is 8.54. The minimum Gasteiger partial charge on any atom is -0.118 e. The number of halogens is 1. The van der Waals surface area contributed by atoms with Crippen LogP contribution in [0.25, 0.3) is 11.1 Å². The zero-order chi connectivity index (χ0) is 14.9. The predicted octanol–water partition coefficient (Wildman–Crippen LogP) is 6.99. The first-order valence-electron chi connectivity index (χ1n) is 8.10. The van der Waals surface area contributed by atoms with Crippen LogP contribution in [-0.4, -0.2) is 0 Å². The molecule has 0 heterocycles. The Bertz CT molecular complexity index is 501. The Kier molecular flexibility index (Phi) is 6.82. The maximum Gasteiger partial charge on any atom is 0.0585 e. The molecule has 0 aliphatic carbocycles. The van der Waals surface area contributed by atoms with Crippen molar-refractivity contribution in [3.8, 4) is 11.1 Å². The second kappa shape index (κ2) is 8.89. The molecule has 0 aliphatic rings. The van der Waals surface area contributed by atoms with Crippen LogP contribution < -0.4 is 0 Å². The van der Waals surface area contributed by atoms with E-state index >= 15 is 0 Å². The molecule has 0 aliphatic heterocycles. The van der Waals surface area contributed by atoms with E-state index in [1.807, 2.05) is 6.07 Å². The molecule has 1 heteroatoms. The lowest BCUT2D eigenvalue weighted by Gasteiger charge is -2.11. The van der Waals surface area contributed by atoms with E-state index in [9.17, 15) is 0 Å². The molecule has 0 radical (unpaired) electrons. The van der Waals surface area contributed by atoms with Crippen LogP contribution >= 0.6 is 11.6 Å². The topological polar surface area (TPSA) is 0 Å². The van der Waals surface area contributed by atoms with E-state index in [4.69, 9.17) is 11.6 Å². The molecule has 21 heavy (non-hydrogen) atoms. The third kappa shape index (κ3) is 5.21. The smallest absolute Gasteiger partial charge is 0.0585 e. The Morgan fingerprint density at radius 1 is 0.762 bits per heavy atom. The molecule has 0 N–H and O–H groups in total. The van der Waals surface area contributed by atoms with Gasteiger partial charge in [-0.25, -0.2) is 0 Å². The van der Waals surface area contributed by atoms with Crippen molar-refractivity contribution in [2.75, 3.05) is 0 Å². The predicted molar refractivity (Wildman–Crippen MR) is 93.8 cm³/mol. The van der Waals surface area contributed by atoms with Gasteiger partial charge in [0.2, 0.25) is 0 Å². The fraction of sp³-hybridized carbons (Fsp3) is 0.400. The minimum absolute atomic E-state index is 0.149. The van der Waals surface area contributed by atoms with Crippen LogP contribution in [0.1, 0.15) is 56.4 Å². The number of hydrogen-bond acceptors (Lipinski definition) is 0. The Morgan fingerprint density at radius 3 is 2.05 bits per heavy atom. The van der Waals surface area contributed by atoms with E-state index in [0.717, 1.165) is 6.42 Å². The van der Waals surface area contributed by atoms with E-state index in [0.29, 0.717) is 0 Å². The van der Waals surface area contributed by atoms with Gasteiger partial charge in [-0.05, 0) is 23.1 Å². The summed E-state index contributed by atoms with van der Waals surface area (Å²) in [4.78, 5) is 0. The Labute approximate surface area is 134 Å². The average Bonchev–Trinajstić information content (AvgIpc) is 2.55. The number of unbranched alkanes of at least 4 members (excludes halogenated alkanes) is 4. The first kappa shape index (κ1) is 16.1. The number of alkyl halides is 1. The molecule has 0 fully saturated rings. The van der Waals surface area contributed by atoms with Crippen molar-refractivity contribution < 1.29 is 0 Å². The van der Waals surface area contributed by atoms with Crippen LogP contribution in [0, 0.1) is 0 Å². The van der Waals surface area contributed by atoms with Crippen molar-refractivity contribution in [1.82, 2.24) is 0 Å². The van der Waals surface area contributed by atoms with Gasteiger partial charge in [-0.3, -0.25) is 0 Å². The van der Waals surface area contributed by atoms with Gasteiger partial charge < -0.3 is 0 Å². The summed E-state index contributed by atoms with van der Waals surface area (Å²) in [5.41, 5.74) is 3.76. The van der Waals surface area contributed by atoms with Crippen molar-refractivity contribution in [3.05, 3.63) is 60.2 Å². The summed E-state index contributed by atoms with van der Waals surface area (Å²) in [6.45, 7) is 2.25. The molecule has 2 aromatic rings. The lowest BCUT2D eigenvalue weighted by Crippen LogP contribution is -1.91. The van der Waals surface area contributed by atoms with Crippen LogP contribution in [0.2, 0.25) is 0 Å². The molecule has 2 rings (SSSR count). The summed E-state index contributed by atoms with van der Waals surface area (Å²) >= 11 is 6.52. The molecule has 1 atom stereocenters. The summed E-state index contributed by atoms with van der Waals surface area (Å²) in [7, 11) is 0. The number of benzene rings is 2. The lowest BCUT2D eigenvalue weighted by molar-refractivity contribution is 0.601. The van der Waals surface area contributed by atoms with Gasteiger partial charge in [0.1, 0.15) is 0 Å². The van der Waals surface area contributed by atoms with Crippen LogP contribution in [0.15, 0.2) is 54.6 Å². The molecule has 2 aromatic carbocycles. The van der Waals surface area contributed by atoms with Gasteiger partial charge in [0.25, 0.3) is 0 Å². The van der Waals surface area contributed by atoms with Gasteiger partial charge in [0, 0.05) is 0 Å². The largest absolute Gasteiger partial charge is 0.118 e. The minimum atomic E-state index is 0.149. The van der Waals surface area contributed by atoms with Crippen molar-refractivity contribution in [1.29, 1.82) is 0 Å². The second-order valence-electron chi connectivity index (χ2n) is 5.66. The highest BCUT2D eigenvalue weighted by Gasteiger charge is 2.07. The summed E-state index contributed by atoms with van der Waals surface area (Å²) in [6.07, 6.45) is 7.60. The molecule has 1 unspecified atom stereocenters. The molecule has 0 saturated carbocycles. The van der Waals surface area contributed by atoms with Crippen molar-refractivity contribution in [3.63, 3.8) is 0 Å². The van der Waals surface area contributed by atoms with Crippen molar-refractivity contribution in [2.24, 2.45) is 0 Å². The van der Waals surface area contributed by atoms with Crippen LogP contribution in [-0.2, 0) is 0 Å². The quantitative estimate of drug-likeness (QED) is 0.364. The van der Waals surface area contributed by atoms with E-state index in [-0.39, 0.29) is 5.38 Å². The van der Waals surface area contributed by atoms with Gasteiger partial charge >= 0.3 is 0 Å². The Hall–Kier alpha value is -1.27. The molecule has 112 valence electrons. The molecule has 0 bridgehead atoms. The summed E-state index contributed by atoms with van der Waals surface area (Å²) < 4.78 is 0. The number of hydrogen-bond donors (Lipinski definition) is 0. The van der Waals surface area contributed by atoms with E-state index in [2.05, 4.69) is 55.5 Å². The standard InChI is InChI=1S/C20H25Cl/c1-2-3-4-5-9-12-20(21)19-15-13-18(14-16-19)17-10-7-6-8-11-17/h6-8,10-11,13-16,20H,2-5,9,12H2,1H3. The second-order valence-corrected chi connectivity index (χ2v) is 6.19. The Morgan fingerprint density at radius 2 is 1.38 bits per heavy atom. The first-order chi connectivity index (χ1) is 10.3. The molecule has 0 aromatic heterocycles. The van der Waals surface area contributed by atoms with Crippen molar-refractivity contribution >= 4 is 11.6 Å². The van der Waals surface area contributed by atoms with Gasteiger partial charge in [-0.2, -0.15) is 0 Å². The third-order valence-electron chi connectivity index (χ3n) is 3.94. The zero-order valence-electron chi connectivity index (χ0n) is 12.9. The van der Waals surface area contributed by atoms with E-state index in [1.54, 1.807) is 0 Å². The van der Waals surface area contributed by atoms with Crippen LogP contribution in [0.3, 0.4) is 0 Å². The van der Waals surface area contributed by atoms with Crippen LogP contribution in [0.5, 0.6) is 0 Å². The van der Waals surface area contributed by atoms with Gasteiger partial charge in [0.05, 0.1) is 5.38 Å². The van der Waals surface area contributed by atoms with E-state index < -0.39 is 0 Å². The fourth-order valence-electron chi connectivity index (χ4n) is 2.61. The SMILES string of the molecule is CCCCCCCC(Cl)c1ccc(-c2ccccc2)cc1. The fourth-order valence-corrected chi connectivity index (χ4v) is 2.91. The highest BCUT2D eigenvalue weighted by atomic mass is 35.5. The molecule has 0 nitrogen and oxygen atoms in total. The summed E-state index contributed by atoms with van der Waals surface area (Å²) in [6, 6.07) is 19.2. The van der Waals surface area contributed by atoms with E-state index in [1.165, 1.54) is 48.8 Å². The molecule has 0 saturated heterocycles. The summed E-state index contributed by atoms with van der Waals surface area (Å²) in [5.74, 6) is 0. The normalized spacial score (nSPS) is 12.3. The molecular formula is C20H25Cl. The van der Waals surface area contributed by atoms with Crippen LogP contribution in [0.4, 0.5) is 0 Å². The molecule has 0 amide bonds. The highest BCUT2D eigenvalue weighted by molar-refractivity contribution is 6.20. The van der Waals surface area contributed by atoms with Gasteiger partial charge in [-0.1, -0.05) is 93.6 Å². The van der Waals surface area contributed by atoms with Gasteiger partial charge in [0.15, 0.2) is 0 Å². The lowest BCUT2D eigenvalue weighted by atomic mass is 10.0. The average molecular weight is 301 g/mol. The highest BCUT2D eigenvalue weighted by Crippen LogP contribution is 2.29. The third-order valence-corrected chi connectivity index (χ3v) is 4.41. The maximum atomic E-state index is 6.52. The molecule has 0 spiro atoms. The van der Waals surface area contributed by atoms with Gasteiger partial charge in [-0.15, -0.1) is 11.6 Å². The number of rotatable bonds is 8. The molecular weight excluding hydrogens is 276 g/mol. The monoisotopic (exact) mass is 300 g/mol. The zero-order valence-corrected chi connectivity index (χ0v) is 13.7. The summed E-state index contributed by atoms with van der Waals surface area (Å²) in [5, 5.41) is 0.149. The maximum absolute atomic E-state index is 6.52. The van der Waals surface area contributed by atoms with Crippen molar-refractivity contribution in [2.45, 2.75) is 50.8 Å². The Balaban J connectivity index is 1.87.